The number of benzene rings is 1. The SMILES string of the molecule is Cc1cccc(-c2nc3ccccn3c2-c2ccnc3cc(OCC=CN(C)C)ccc23)n1. The number of imidazole rings is 1. The Labute approximate surface area is 192 Å². The van der Waals surface area contributed by atoms with Gasteiger partial charge in [-0.3, -0.25) is 14.4 Å². The molecule has 4 heterocycles. The number of ether oxygens (including phenoxy) is 1. The first-order valence-corrected chi connectivity index (χ1v) is 10.9. The van der Waals surface area contributed by atoms with Crippen molar-refractivity contribution in [3.8, 4) is 28.4 Å². The van der Waals surface area contributed by atoms with Gasteiger partial charge in [-0.1, -0.05) is 12.1 Å². The van der Waals surface area contributed by atoms with Crippen LogP contribution in [0, 0.1) is 6.92 Å². The van der Waals surface area contributed by atoms with Crippen LogP contribution >= 0.6 is 0 Å². The zero-order valence-corrected chi connectivity index (χ0v) is 18.9. The Morgan fingerprint density at radius 2 is 1.91 bits per heavy atom. The summed E-state index contributed by atoms with van der Waals surface area (Å²) in [7, 11) is 3.97. The summed E-state index contributed by atoms with van der Waals surface area (Å²) in [6.07, 6.45) is 7.83. The van der Waals surface area contributed by atoms with Crippen molar-refractivity contribution in [1.82, 2.24) is 24.3 Å². The highest BCUT2D eigenvalue weighted by atomic mass is 16.5. The first-order valence-electron chi connectivity index (χ1n) is 10.9. The van der Waals surface area contributed by atoms with Crippen molar-refractivity contribution in [3.05, 3.63) is 91.0 Å². The highest BCUT2D eigenvalue weighted by Crippen LogP contribution is 2.36. The van der Waals surface area contributed by atoms with Gasteiger partial charge >= 0.3 is 0 Å². The fourth-order valence-electron chi connectivity index (χ4n) is 3.93. The number of hydrogen-bond acceptors (Lipinski definition) is 5. The van der Waals surface area contributed by atoms with E-state index in [-0.39, 0.29) is 0 Å². The lowest BCUT2D eigenvalue weighted by Crippen LogP contribution is -2.02. The Morgan fingerprint density at radius 1 is 1.00 bits per heavy atom. The van der Waals surface area contributed by atoms with Crippen LogP contribution in [0.15, 0.2) is 85.3 Å². The summed E-state index contributed by atoms with van der Waals surface area (Å²) in [5.41, 5.74) is 6.46. The Balaban J connectivity index is 1.63. The van der Waals surface area contributed by atoms with Crippen LogP contribution in [0.5, 0.6) is 5.75 Å². The standard InChI is InChI=1S/C27H25N5O/c1-19-8-6-9-23(29-19)26-27(32-16-5-4-10-25(32)30-26)22-13-14-28-24-18-20(11-12-21(22)24)33-17-7-15-31(2)3/h4-16,18H,17H2,1-3H3. The normalized spacial score (nSPS) is 11.5. The van der Waals surface area contributed by atoms with Gasteiger partial charge in [0, 0.05) is 49.2 Å². The van der Waals surface area contributed by atoms with E-state index >= 15 is 0 Å². The molecule has 5 aromatic rings. The summed E-state index contributed by atoms with van der Waals surface area (Å²) in [6, 6.07) is 20.1. The molecule has 0 aliphatic rings. The Bertz CT molecular complexity index is 1470. The molecule has 33 heavy (non-hydrogen) atoms. The van der Waals surface area contributed by atoms with Crippen molar-refractivity contribution in [3.63, 3.8) is 0 Å². The average Bonchev–Trinajstić information content (AvgIpc) is 3.21. The monoisotopic (exact) mass is 435 g/mol. The van der Waals surface area contributed by atoms with Gasteiger partial charge in [0.25, 0.3) is 0 Å². The van der Waals surface area contributed by atoms with Gasteiger partial charge in [0.2, 0.25) is 0 Å². The number of rotatable bonds is 6. The number of aryl methyl sites for hydroxylation is 1. The topological polar surface area (TPSA) is 55.6 Å². The fourth-order valence-corrected chi connectivity index (χ4v) is 3.93. The maximum absolute atomic E-state index is 5.89. The molecule has 4 aromatic heterocycles. The highest BCUT2D eigenvalue weighted by Gasteiger charge is 2.19. The third-order valence-electron chi connectivity index (χ3n) is 5.38. The van der Waals surface area contributed by atoms with Crippen LogP contribution in [-0.2, 0) is 0 Å². The number of aromatic nitrogens is 4. The Morgan fingerprint density at radius 3 is 2.76 bits per heavy atom. The molecule has 0 aliphatic carbocycles. The summed E-state index contributed by atoms with van der Waals surface area (Å²) >= 11 is 0. The molecule has 0 saturated carbocycles. The molecule has 164 valence electrons. The molecule has 0 atom stereocenters. The number of nitrogens with zero attached hydrogens (tertiary/aromatic N) is 5. The van der Waals surface area contributed by atoms with Crippen molar-refractivity contribution >= 4 is 16.6 Å². The van der Waals surface area contributed by atoms with Crippen LogP contribution in [0.4, 0.5) is 0 Å². The van der Waals surface area contributed by atoms with Crippen molar-refractivity contribution in [2.75, 3.05) is 20.7 Å². The summed E-state index contributed by atoms with van der Waals surface area (Å²) < 4.78 is 8.01. The molecular formula is C27H25N5O. The van der Waals surface area contributed by atoms with Crippen LogP contribution in [0.25, 0.3) is 39.2 Å². The van der Waals surface area contributed by atoms with Crippen LogP contribution in [0.3, 0.4) is 0 Å². The third-order valence-corrected chi connectivity index (χ3v) is 5.38. The molecule has 0 radical (unpaired) electrons. The van der Waals surface area contributed by atoms with Gasteiger partial charge < -0.3 is 9.64 Å². The second-order valence-electron chi connectivity index (χ2n) is 8.10. The first kappa shape index (κ1) is 20.7. The molecule has 5 rings (SSSR count). The number of fused-ring (bicyclic) bond motifs is 2. The lowest BCUT2D eigenvalue weighted by molar-refractivity contribution is 0.360. The zero-order chi connectivity index (χ0) is 22.8. The van der Waals surface area contributed by atoms with E-state index in [9.17, 15) is 0 Å². The van der Waals surface area contributed by atoms with Gasteiger partial charge in [-0.15, -0.1) is 0 Å². The Hall–Kier alpha value is -4.19. The predicted octanol–water partition coefficient (Wildman–Crippen LogP) is 5.37. The minimum Gasteiger partial charge on any atom is -0.489 e. The molecule has 0 fully saturated rings. The molecule has 0 bridgehead atoms. The summed E-state index contributed by atoms with van der Waals surface area (Å²) in [5, 5.41) is 1.04. The van der Waals surface area contributed by atoms with E-state index in [0.29, 0.717) is 6.61 Å². The summed E-state index contributed by atoms with van der Waals surface area (Å²) in [4.78, 5) is 16.3. The minimum absolute atomic E-state index is 0.500. The minimum atomic E-state index is 0.500. The van der Waals surface area contributed by atoms with Crippen molar-refractivity contribution in [2.45, 2.75) is 6.92 Å². The Kier molecular flexibility index (Phi) is 5.48. The van der Waals surface area contributed by atoms with Gasteiger partial charge in [-0.25, -0.2) is 4.98 Å². The molecular weight excluding hydrogens is 410 g/mol. The average molecular weight is 436 g/mol. The summed E-state index contributed by atoms with van der Waals surface area (Å²) in [5.74, 6) is 0.786. The lowest BCUT2D eigenvalue weighted by atomic mass is 10.0. The quantitative estimate of drug-likeness (QED) is 0.359. The van der Waals surface area contributed by atoms with Gasteiger partial charge in [0.15, 0.2) is 0 Å². The molecule has 0 N–H and O–H groups in total. The maximum Gasteiger partial charge on any atom is 0.138 e. The third kappa shape index (κ3) is 4.15. The maximum atomic E-state index is 5.89. The zero-order valence-electron chi connectivity index (χ0n) is 18.9. The van der Waals surface area contributed by atoms with Crippen molar-refractivity contribution in [2.24, 2.45) is 0 Å². The van der Waals surface area contributed by atoms with Gasteiger partial charge in [-0.05, 0) is 61.7 Å². The second kappa shape index (κ2) is 8.74. The number of pyridine rings is 3. The van der Waals surface area contributed by atoms with Crippen molar-refractivity contribution in [1.29, 1.82) is 0 Å². The second-order valence-corrected chi connectivity index (χ2v) is 8.10. The van der Waals surface area contributed by atoms with Crippen LogP contribution in [0.1, 0.15) is 5.69 Å². The first-order chi connectivity index (χ1) is 16.1. The fraction of sp³-hybridized carbons (Fsp3) is 0.148. The van der Waals surface area contributed by atoms with E-state index in [0.717, 1.165) is 50.6 Å². The van der Waals surface area contributed by atoms with Crippen LogP contribution in [-0.4, -0.2) is 45.0 Å². The van der Waals surface area contributed by atoms with Gasteiger partial charge in [0.1, 0.15) is 23.7 Å². The summed E-state index contributed by atoms with van der Waals surface area (Å²) in [6.45, 7) is 2.50. The van der Waals surface area contributed by atoms with E-state index in [1.54, 1.807) is 0 Å². The molecule has 0 unspecified atom stereocenters. The van der Waals surface area contributed by atoms with Gasteiger partial charge in [-0.2, -0.15) is 0 Å². The van der Waals surface area contributed by atoms with Crippen molar-refractivity contribution < 1.29 is 4.74 Å². The van der Waals surface area contributed by atoms with E-state index in [1.165, 1.54) is 0 Å². The van der Waals surface area contributed by atoms with E-state index in [1.807, 2.05) is 105 Å². The van der Waals surface area contributed by atoms with Crippen LogP contribution in [0.2, 0.25) is 0 Å². The van der Waals surface area contributed by atoms with E-state index < -0.39 is 0 Å². The smallest absolute Gasteiger partial charge is 0.138 e. The van der Waals surface area contributed by atoms with Gasteiger partial charge in [0.05, 0.1) is 16.9 Å². The van der Waals surface area contributed by atoms with E-state index in [4.69, 9.17) is 14.7 Å². The molecule has 0 saturated heterocycles. The molecule has 0 spiro atoms. The molecule has 6 nitrogen and oxygen atoms in total. The lowest BCUT2D eigenvalue weighted by Gasteiger charge is -2.11. The molecule has 0 aliphatic heterocycles. The number of hydrogen-bond donors (Lipinski definition) is 0. The van der Waals surface area contributed by atoms with E-state index in [2.05, 4.69) is 15.5 Å². The van der Waals surface area contributed by atoms with Crippen LogP contribution < -0.4 is 4.74 Å². The predicted molar refractivity (Wildman–Crippen MR) is 132 cm³/mol. The highest BCUT2D eigenvalue weighted by molar-refractivity contribution is 5.98. The largest absolute Gasteiger partial charge is 0.489 e. The molecule has 6 heteroatoms. The molecule has 0 amide bonds. The molecule has 1 aromatic carbocycles.